The molecule has 4 rings (SSSR count). The van der Waals surface area contributed by atoms with Crippen molar-refractivity contribution in [2.45, 2.75) is 38.3 Å². The highest BCUT2D eigenvalue weighted by Crippen LogP contribution is 2.26. The smallest absolute Gasteiger partial charge is 0.251 e. The van der Waals surface area contributed by atoms with Crippen LogP contribution in [-0.4, -0.2) is 12.0 Å². The van der Waals surface area contributed by atoms with Crippen LogP contribution in [-0.2, 0) is 0 Å². The van der Waals surface area contributed by atoms with Crippen LogP contribution in [0.4, 0.5) is 0 Å². The SMILES string of the molecule is CC(NC(=O)c1cccc(OC2CCC2)c1)c1ccc(-c2cccc(C#N)c2)cc1. The second kappa shape index (κ2) is 8.84. The fraction of sp³-hybridized carbons (Fsp3) is 0.231. The molecule has 3 aromatic rings. The van der Waals surface area contributed by atoms with E-state index >= 15 is 0 Å². The van der Waals surface area contributed by atoms with Gasteiger partial charge in [0, 0.05) is 5.56 Å². The van der Waals surface area contributed by atoms with Gasteiger partial charge in [-0.1, -0.05) is 42.5 Å². The topological polar surface area (TPSA) is 62.1 Å². The van der Waals surface area contributed by atoms with Gasteiger partial charge in [0.2, 0.25) is 0 Å². The standard InChI is InChI=1S/C26H24N2O2/c1-18(20-11-13-21(14-12-20)22-6-2-5-19(15-22)17-27)28-26(29)23-7-3-10-25(16-23)30-24-8-4-9-24/h2-3,5-7,10-16,18,24H,4,8-9H2,1H3,(H,28,29). The van der Waals surface area contributed by atoms with Gasteiger partial charge in [0.25, 0.3) is 5.91 Å². The van der Waals surface area contributed by atoms with Crippen molar-refractivity contribution in [2.24, 2.45) is 0 Å². The van der Waals surface area contributed by atoms with Crippen LogP contribution in [0.3, 0.4) is 0 Å². The molecule has 30 heavy (non-hydrogen) atoms. The van der Waals surface area contributed by atoms with Gasteiger partial charge in [0.05, 0.1) is 23.8 Å². The van der Waals surface area contributed by atoms with Crippen LogP contribution in [0.5, 0.6) is 5.75 Å². The number of amides is 1. The first-order chi connectivity index (χ1) is 14.6. The Morgan fingerprint density at radius 3 is 2.50 bits per heavy atom. The Labute approximate surface area is 177 Å². The number of rotatable bonds is 6. The molecule has 0 heterocycles. The van der Waals surface area contributed by atoms with Crippen molar-refractivity contribution < 1.29 is 9.53 Å². The molecule has 4 nitrogen and oxygen atoms in total. The van der Waals surface area contributed by atoms with Crippen molar-refractivity contribution in [1.29, 1.82) is 5.26 Å². The molecule has 0 aliphatic heterocycles. The number of carbonyl (C=O) groups excluding carboxylic acids is 1. The number of benzene rings is 3. The highest BCUT2D eigenvalue weighted by Gasteiger charge is 2.19. The summed E-state index contributed by atoms with van der Waals surface area (Å²) in [7, 11) is 0. The van der Waals surface area contributed by atoms with Gasteiger partial charge in [0.1, 0.15) is 5.75 Å². The van der Waals surface area contributed by atoms with Gasteiger partial charge < -0.3 is 10.1 Å². The van der Waals surface area contributed by atoms with E-state index in [4.69, 9.17) is 10.00 Å². The largest absolute Gasteiger partial charge is 0.490 e. The Bertz CT molecular complexity index is 1080. The molecule has 150 valence electrons. The lowest BCUT2D eigenvalue weighted by atomic mass is 9.96. The quantitative estimate of drug-likeness (QED) is 0.586. The molecule has 1 unspecified atom stereocenters. The van der Waals surface area contributed by atoms with Crippen LogP contribution in [0, 0.1) is 11.3 Å². The van der Waals surface area contributed by atoms with E-state index in [2.05, 4.69) is 11.4 Å². The first kappa shape index (κ1) is 19.7. The average molecular weight is 396 g/mol. The third-order valence-electron chi connectivity index (χ3n) is 5.53. The summed E-state index contributed by atoms with van der Waals surface area (Å²) in [6, 6.07) is 25.0. The third kappa shape index (κ3) is 4.52. The van der Waals surface area contributed by atoms with Crippen molar-refractivity contribution in [1.82, 2.24) is 5.32 Å². The minimum absolute atomic E-state index is 0.118. The number of hydrogen-bond acceptors (Lipinski definition) is 3. The van der Waals surface area contributed by atoms with Gasteiger partial charge in [-0.3, -0.25) is 4.79 Å². The zero-order chi connectivity index (χ0) is 20.9. The molecular weight excluding hydrogens is 372 g/mol. The predicted molar refractivity (Wildman–Crippen MR) is 117 cm³/mol. The number of ether oxygens (including phenoxy) is 1. The summed E-state index contributed by atoms with van der Waals surface area (Å²) < 4.78 is 5.90. The van der Waals surface area contributed by atoms with Crippen LogP contribution in [0.15, 0.2) is 72.8 Å². The van der Waals surface area contributed by atoms with Crippen LogP contribution in [0.1, 0.15) is 53.7 Å². The molecule has 1 saturated carbocycles. The summed E-state index contributed by atoms with van der Waals surface area (Å²) in [4.78, 5) is 12.7. The average Bonchev–Trinajstić information content (AvgIpc) is 2.76. The van der Waals surface area contributed by atoms with E-state index in [-0.39, 0.29) is 18.1 Å². The predicted octanol–water partition coefficient (Wildman–Crippen LogP) is 5.65. The van der Waals surface area contributed by atoms with Crippen LogP contribution in [0.2, 0.25) is 0 Å². The number of nitrogens with zero attached hydrogens (tertiary/aromatic N) is 1. The molecule has 1 aliphatic carbocycles. The molecule has 1 N–H and O–H groups in total. The third-order valence-corrected chi connectivity index (χ3v) is 5.53. The van der Waals surface area contributed by atoms with Crippen molar-refractivity contribution in [3.63, 3.8) is 0 Å². The van der Waals surface area contributed by atoms with Crippen molar-refractivity contribution in [3.05, 3.63) is 89.5 Å². The maximum Gasteiger partial charge on any atom is 0.251 e. The van der Waals surface area contributed by atoms with E-state index in [1.165, 1.54) is 6.42 Å². The Morgan fingerprint density at radius 1 is 1.03 bits per heavy atom. The number of carbonyl (C=O) groups is 1. The minimum atomic E-state index is -0.131. The molecule has 4 heteroatoms. The van der Waals surface area contributed by atoms with E-state index in [0.29, 0.717) is 11.1 Å². The summed E-state index contributed by atoms with van der Waals surface area (Å²) in [5.41, 5.74) is 4.30. The second-order valence-electron chi connectivity index (χ2n) is 7.71. The molecule has 0 spiro atoms. The normalized spacial score (nSPS) is 14.3. The first-order valence-electron chi connectivity index (χ1n) is 10.3. The Hall–Kier alpha value is -3.58. The van der Waals surface area contributed by atoms with E-state index < -0.39 is 0 Å². The van der Waals surface area contributed by atoms with Crippen molar-refractivity contribution >= 4 is 5.91 Å². The first-order valence-corrected chi connectivity index (χ1v) is 10.3. The summed E-state index contributed by atoms with van der Waals surface area (Å²) >= 11 is 0. The number of hydrogen-bond donors (Lipinski definition) is 1. The molecule has 0 radical (unpaired) electrons. The van der Waals surface area contributed by atoms with E-state index in [0.717, 1.165) is 35.3 Å². The molecule has 0 saturated heterocycles. The van der Waals surface area contributed by atoms with Crippen molar-refractivity contribution in [3.8, 4) is 22.9 Å². The lowest BCUT2D eigenvalue weighted by Gasteiger charge is -2.26. The fourth-order valence-electron chi connectivity index (χ4n) is 3.49. The molecule has 0 bridgehead atoms. The highest BCUT2D eigenvalue weighted by molar-refractivity contribution is 5.94. The van der Waals surface area contributed by atoms with E-state index in [9.17, 15) is 4.79 Å². The monoisotopic (exact) mass is 396 g/mol. The van der Waals surface area contributed by atoms with Gasteiger partial charge in [-0.2, -0.15) is 5.26 Å². The van der Waals surface area contributed by atoms with Gasteiger partial charge in [0.15, 0.2) is 0 Å². The zero-order valence-electron chi connectivity index (χ0n) is 17.0. The zero-order valence-corrected chi connectivity index (χ0v) is 17.0. The maximum atomic E-state index is 12.7. The number of nitrogens with one attached hydrogen (secondary N) is 1. The minimum Gasteiger partial charge on any atom is -0.490 e. The molecule has 1 amide bonds. The molecule has 1 aliphatic rings. The lowest BCUT2D eigenvalue weighted by molar-refractivity contribution is 0.0936. The highest BCUT2D eigenvalue weighted by atomic mass is 16.5. The van der Waals surface area contributed by atoms with Crippen LogP contribution >= 0.6 is 0 Å². The Balaban J connectivity index is 1.42. The summed E-state index contributed by atoms with van der Waals surface area (Å²) in [6.45, 7) is 1.97. The molecule has 0 aromatic heterocycles. The summed E-state index contributed by atoms with van der Waals surface area (Å²) in [5.74, 6) is 0.635. The van der Waals surface area contributed by atoms with E-state index in [1.54, 1.807) is 12.1 Å². The molecule has 1 fully saturated rings. The van der Waals surface area contributed by atoms with Gasteiger partial charge in [-0.25, -0.2) is 0 Å². The van der Waals surface area contributed by atoms with Crippen LogP contribution < -0.4 is 10.1 Å². The molecule has 1 atom stereocenters. The summed E-state index contributed by atoms with van der Waals surface area (Å²) in [5, 5.41) is 12.1. The summed E-state index contributed by atoms with van der Waals surface area (Å²) in [6.07, 6.45) is 3.67. The lowest BCUT2D eigenvalue weighted by Crippen LogP contribution is -2.27. The van der Waals surface area contributed by atoms with Gasteiger partial charge >= 0.3 is 0 Å². The Kier molecular flexibility index (Phi) is 5.81. The Morgan fingerprint density at radius 2 is 1.80 bits per heavy atom. The van der Waals surface area contributed by atoms with Gasteiger partial charge in [-0.05, 0) is 73.2 Å². The fourth-order valence-corrected chi connectivity index (χ4v) is 3.49. The van der Waals surface area contributed by atoms with Crippen LogP contribution in [0.25, 0.3) is 11.1 Å². The van der Waals surface area contributed by atoms with Crippen molar-refractivity contribution in [2.75, 3.05) is 0 Å². The second-order valence-corrected chi connectivity index (χ2v) is 7.71. The number of nitriles is 1. The molecular formula is C26H24N2O2. The van der Waals surface area contributed by atoms with E-state index in [1.807, 2.05) is 67.6 Å². The molecule has 3 aromatic carbocycles. The van der Waals surface area contributed by atoms with Gasteiger partial charge in [-0.15, -0.1) is 0 Å². The maximum absolute atomic E-state index is 12.7.